The molecule has 150 valence electrons. The van der Waals surface area contributed by atoms with Crippen molar-refractivity contribution < 1.29 is 14.3 Å². The first-order valence-corrected chi connectivity index (χ1v) is 10.6. The normalized spacial score (nSPS) is 17.1. The van der Waals surface area contributed by atoms with E-state index in [4.69, 9.17) is 9.47 Å². The van der Waals surface area contributed by atoms with Crippen LogP contribution in [0.15, 0.2) is 35.7 Å². The smallest absolute Gasteiger partial charge is 0.236 e. The molecule has 2 aromatic rings. The summed E-state index contributed by atoms with van der Waals surface area (Å²) in [6.45, 7) is 6.81. The first-order chi connectivity index (χ1) is 13.7. The van der Waals surface area contributed by atoms with Gasteiger partial charge in [0.2, 0.25) is 5.91 Å². The van der Waals surface area contributed by atoms with E-state index in [9.17, 15) is 4.79 Å². The Balaban J connectivity index is 1.23. The Kier molecular flexibility index (Phi) is 6.14. The van der Waals surface area contributed by atoms with E-state index in [1.807, 2.05) is 30.1 Å². The predicted octanol–water partition coefficient (Wildman–Crippen LogP) is 2.30. The predicted molar refractivity (Wildman–Crippen MR) is 110 cm³/mol. The van der Waals surface area contributed by atoms with Crippen LogP contribution in [0.2, 0.25) is 0 Å². The molecule has 7 heteroatoms. The molecule has 1 aromatic carbocycles. The maximum absolute atomic E-state index is 12.7. The quantitative estimate of drug-likeness (QED) is 0.743. The Hall–Kier alpha value is -2.09. The second kappa shape index (κ2) is 8.94. The summed E-state index contributed by atoms with van der Waals surface area (Å²) < 4.78 is 11.2. The molecule has 1 aromatic heterocycles. The van der Waals surface area contributed by atoms with Crippen LogP contribution in [0.25, 0.3) is 0 Å². The van der Waals surface area contributed by atoms with Gasteiger partial charge in [0.1, 0.15) is 13.2 Å². The van der Waals surface area contributed by atoms with Gasteiger partial charge >= 0.3 is 0 Å². The van der Waals surface area contributed by atoms with Gasteiger partial charge in [-0.3, -0.25) is 14.6 Å². The monoisotopic (exact) mass is 401 g/mol. The van der Waals surface area contributed by atoms with Gasteiger partial charge < -0.3 is 14.4 Å². The van der Waals surface area contributed by atoms with Gasteiger partial charge in [-0.1, -0.05) is 12.1 Å². The lowest BCUT2D eigenvalue weighted by Gasteiger charge is -2.35. The third-order valence-electron chi connectivity index (χ3n) is 5.15. The Morgan fingerprint density at radius 3 is 2.64 bits per heavy atom. The molecule has 0 bridgehead atoms. The highest BCUT2D eigenvalue weighted by Gasteiger charge is 2.22. The molecule has 0 aliphatic carbocycles. The van der Waals surface area contributed by atoms with Crippen LogP contribution in [0, 0.1) is 0 Å². The van der Waals surface area contributed by atoms with Gasteiger partial charge in [-0.15, -0.1) is 11.3 Å². The van der Waals surface area contributed by atoms with E-state index in [0.29, 0.717) is 26.3 Å². The van der Waals surface area contributed by atoms with Gasteiger partial charge in [-0.2, -0.15) is 0 Å². The van der Waals surface area contributed by atoms with E-state index in [2.05, 4.69) is 27.3 Å². The SMILES string of the molecule is CN(CC(=O)N1CCN(Cc2cccs2)CC1)Cc1ccc2c(c1)OCCO2. The maximum atomic E-state index is 12.7. The molecule has 0 saturated carbocycles. The third kappa shape index (κ3) is 4.84. The number of hydrogen-bond donors (Lipinski definition) is 0. The Morgan fingerprint density at radius 1 is 1.11 bits per heavy atom. The summed E-state index contributed by atoms with van der Waals surface area (Å²) in [5.74, 6) is 1.80. The molecular weight excluding hydrogens is 374 g/mol. The minimum absolute atomic E-state index is 0.204. The van der Waals surface area contributed by atoms with E-state index < -0.39 is 0 Å². The molecule has 0 N–H and O–H groups in total. The van der Waals surface area contributed by atoms with Crippen LogP contribution in [0.3, 0.4) is 0 Å². The third-order valence-corrected chi connectivity index (χ3v) is 6.01. The van der Waals surface area contributed by atoms with E-state index >= 15 is 0 Å². The summed E-state index contributed by atoms with van der Waals surface area (Å²) in [6.07, 6.45) is 0. The van der Waals surface area contributed by atoms with Crippen LogP contribution >= 0.6 is 11.3 Å². The number of likely N-dealkylation sites (N-methyl/N-ethyl adjacent to an activating group) is 1. The summed E-state index contributed by atoms with van der Waals surface area (Å²) in [4.78, 5) is 20.5. The highest BCUT2D eigenvalue weighted by atomic mass is 32.1. The van der Waals surface area contributed by atoms with Crippen molar-refractivity contribution in [1.82, 2.24) is 14.7 Å². The lowest BCUT2D eigenvalue weighted by Crippen LogP contribution is -2.50. The minimum atomic E-state index is 0.204. The molecule has 0 radical (unpaired) electrons. The zero-order valence-electron chi connectivity index (χ0n) is 16.3. The van der Waals surface area contributed by atoms with Crippen LogP contribution in [-0.4, -0.2) is 73.6 Å². The zero-order valence-corrected chi connectivity index (χ0v) is 17.1. The molecule has 2 aliphatic rings. The van der Waals surface area contributed by atoms with Crippen LogP contribution in [0.5, 0.6) is 11.5 Å². The summed E-state index contributed by atoms with van der Waals surface area (Å²) in [7, 11) is 1.99. The molecule has 4 rings (SSSR count). The molecule has 1 fully saturated rings. The topological polar surface area (TPSA) is 45.3 Å². The Morgan fingerprint density at radius 2 is 1.89 bits per heavy atom. The van der Waals surface area contributed by atoms with Crippen molar-refractivity contribution in [1.29, 1.82) is 0 Å². The number of rotatable bonds is 6. The lowest BCUT2D eigenvalue weighted by molar-refractivity contribution is -0.134. The highest BCUT2D eigenvalue weighted by molar-refractivity contribution is 7.09. The number of fused-ring (bicyclic) bond motifs is 1. The molecule has 0 atom stereocenters. The van der Waals surface area contributed by atoms with Crippen molar-refractivity contribution in [3.05, 3.63) is 46.2 Å². The average molecular weight is 402 g/mol. The fourth-order valence-corrected chi connectivity index (χ4v) is 4.41. The number of piperazine rings is 1. The molecular formula is C21H27N3O3S. The van der Waals surface area contributed by atoms with Gasteiger partial charge in [0.05, 0.1) is 6.54 Å². The number of carbonyl (C=O) groups is 1. The van der Waals surface area contributed by atoms with E-state index in [1.165, 1.54) is 4.88 Å². The number of amides is 1. The fraction of sp³-hybridized carbons (Fsp3) is 0.476. The molecule has 0 unspecified atom stereocenters. The van der Waals surface area contributed by atoms with Crippen LogP contribution in [0.4, 0.5) is 0 Å². The number of nitrogens with zero attached hydrogens (tertiary/aromatic N) is 3. The first kappa shape index (κ1) is 19.2. The van der Waals surface area contributed by atoms with Crippen molar-refractivity contribution in [2.75, 3.05) is 53.0 Å². The second-order valence-corrected chi connectivity index (χ2v) is 8.42. The molecule has 3 heterocycles. The number of thiophene rings is 1. The van der Waals surface area contributed by atoms with E-state index in [0.717, 1.165) is 49.8 Å². The van der Waals surface area contributed by atoms with Crippen molar-refractivity contribution in [3.8, 4) is 11.5 Å². The summed E-state index contributed by atoms with van der Waals surface area (Å²) in [5.41, 5.74) is 1.13. The average Bonchev–Trinajstić information content (AvgIpc) is 3.21. The summed E-state index contributed by atoms with van der Waals surface area (Å²) in [5, 5.41) is 2.12. The second-order valence-electron chi connectivity index (χ2n) is 7.39. The van der Waals surface area contributed by atoms with Crippen molar-refractivity contribution in [3.63, 3.8) is 0 Å². The standard InChI is InChI=1S/C21H27N3O3S/c1-22(14-17-4-5-19-20(13-17)27-11-10-26-19)16-21(25)24-8-6-23(7-9-24)15-18-3-2-12-28-18/h2-5,12-13H,6-11,14-16H2,1H3. The maximum Gasteiger partial charge on any atom is 0.236 e. The van der Waals surface area contributed by atoms with Gasteiger partial charge in [0.15, 0.2) is 11.5 Å². The number of ether oxygens (including phenoxy) is 2. The molecule has 28 heavy (non-hydrogen) atoms. The molecule has 1 saturated heterocycles. The number of benzene rings is 1. The van der Waals surface area contributed by atoms with Crippen LogP contribution in [0.1, 0.15) is 10.4 Å². The Bertz CT molecular complexity index is 788. The summed E-state index contributed by atoms with van der Waals surface area (Å²) in [6, 6.07) is 10.3. The van der Waals surface area contributed by atoms with Gasteiger partial charge in [-0.05, 0) is 36.2 Å². The van der Waals surface area contributed by atoms with Gasteiger partial charge in [0.25, 0.3) is 0 Å². The molecule has 1 amide bonds. The summed E-state index contributed by atoms with van der Waals surface area (Å²) >= 11 is 1.80. The number of carbonyl (C=O) groups excluding carboxylic acids is 1. The first-order valence-electron chi connectivity index (χ1n) is 9.77. The Labute approximate surface area is 170 Å². The van der Waals surface area contributed by atoms with Crippen molar-refractivity contribution in [2.45, 2.75) is 13.1 Å². The molecule has 0 spiro atoms. The highest BCUT2D eigenvalue weighted by Crippen LogP contribution is 2.31. The van der Waals surface area contributed by atoms with E-state index in [1.54, 1.807) is 11.3 Å². The molecule has 6 nitrogen and oxygen atoms in total. The van der Waals surface area contributed by atoms with Crippen molar-refractivity contribution >= 4 is 17.2 Å². The minimum Gasteiger partial charge on any atom is -0.486 e. The van der Waals surface area contributed by atoms with Crippen LogP contribution in [-0.2, 0) is 17.9 Å². The van der Waals surface area contributed by atoms with Crippen molar-refractivity contribution in [2.24, 2.45) is 0 Å². The number of hydrogen-bond acceptors (Lipinski definition) is 6. The fourth-order valence-electron chi connectivity index (χ4n) is 3.66. The largest absolute Gasteiger partial charge is 0.486 e. The van der Waals surface area contributed by atoms with Gasteiger partial charge in [-0.25, -0.2) is 0 Å². The lowest BCUT2D eigenvalue weighted by atomic mass is 10.2. The van der Waals surface area contributed by atoms with Gasteiger partial charge in [0, 0.05) is 44.1 Å². The zero-order chi connectivity index (χ0) is 19.3. The van der Waals surface area contributed by atoms with E-state index in [-0.39, 0.29) is 5.91 Å². The van der Waals surface area contributed by atoms with Crippen LogP contribution < -0.4 is 9.47 Å². The molecule has 2 aliphatic heterocycles.